The van der Waals surface area contributed by atoms with E-state index in [1.807, 2.05) is 33.8 Å². The zero-order chi connectivity index (χ0) is 28.1. The molecule has 2 N–H and O–H groups in total. The van der Waals surface area contributed by atoms with Gasteiger partial charge in [0.15, 0.2) is 5.82 Å². The molecule has 0 aliphatic carbocycles. The van der Waals surface area contributed by atoms with Crippen LogP contribution in [0.2, 0.25) is 0 Å². The standard InChI is InChI=1S/C28H27FN6O3S/c1-15-8-23(33-39-15)32-22-10-17(13-34(5)26(22)37)19-6-7-30-25(20(19)14-36)35-27(38)24-16(12-31-35)9-18(11-21(24)29)28(2,3)4/h6-13,36H,14H2,1-5H3,(H,32,33). The second kappa shape index (κ2) is 9.83. The zero-order valence-corrected chi connectivity index (χ0v) is 22.9. The first-order valence-corrected chi connectivity index (χ1v) is 13.0. The van der Waals surface area contributed by atoms with Crippen molar-refractivity contribution in [1.82, 2.24) is 23.7 Å². The van der Waals surface area contributed by atoms with E-state index in [1.165, 1.54) is 34.6 Å². The monoisotopic (exact) mass is 546 g/mol. The Kier molecular flexibility index (Phi) is 6.65. The highest BCUT2D eigenvalue weighted by Gasteiger charge is 2.21. The fraction of sp³-hybridized carbons (Fsp3) is 0.250. The lowest BCUT2D eigenvalue weighted by Crippen LogP contribution is -2.25. The molecule has 200 valence electrons. The third-order valence-corrected chi connectivity index (χ3v) is 7.18. The molecular weight excluding hydrogens is 519 g/mol. The highest BCUT2D eigenvalue weighted by atomic mass is 32.1. The Hall–Kier alpha value is -4.22. The van der Waals surface area contributed by atoms with Crippen molar-refractivity contribution in [2.45, 2.75) is 39.7 Å². The van der Waals surface area contributed by atoms with Crippen LogP contribution in [-0.4, -0.2) is 28.8 Å². The number of nitrogens with zero attached hydrogens (tertiary/aromatic N) is 5. The summed E-state index contributed by atoms with van der Waals surface area (Å²) in [5.41, 5.74) is 1.20. The van der Waals surface area contributed by atoms with Crippen LogP contribution in [0.4, 0.5) is 15.9 Å². The average Bonchev–Trinajstić information content (AvgIpc) is 3.30. The molecule has 0 amide bonds. The number of nitrogens with one attached hydrogen (secondary N) is 1. The number of aliphatic hydroxyl groups excluding tert-OH is 1. The maximum Gasteiger partial charge on any atom is 0.283 e. The van der Waals surface area contributed by atoms with Crippen molar-refractivity contribution >= 4 is 33.8 Å². The van der Waals surface area contributed by atoms with Gasteiger partial charge in [-0.05, 0) is 65.3 Å². The van der Waals surface area contributed by atoms with E-state index < -0.39 is 18.0 Å². The maximum atomic E-state index is 15.2. The van der Waals surface area contributed by atoms with Crippen molar-refractivity contribution in [1.29, 1.82) is 0 Å². The molecule has 4 heterocycles. The number of fused-ring (bicyclic) bond motifs is 1. The van der Waals surface area contributed by atoms with E-state index in [0.717, 1.165) is 15.1 Å². The van der Waals surface area contributed by atoms with E-state index >= 15 is 4.39 Å². The van der Waals surface area contributed by atoms with Gasteiger partial charge in [0.05, 0.1) is 18.2 Å². The summed E-state index contributed by atoms with van der Waals surface area (Å²) in [6.07, 6.45) is 4.53. The Bertz CT molecular complexity index is 1850. The van der Waals surface area contributed by atoms with Gasteiger partial charge in [0, 0.05) is 40.8 Å². The fourth-order valence-corrected chi connectivity index (χ4v) is 4.92. The Morgan fingerprint density at radius 2 is 1.90 bits per heavy atom. The molecule has 0 fully saturated rings. The lowest BCUT2D eigenvalue weighted by molar-refractivity contribution is 0.281. The summed E-state index contributed by atoms with van der Waals surface area (Å²) in [5.74, 6) is -0.0286. The molecule has 0 saturated heterocycles. The Balaban J connectivity index is 1.66. The minimum Gasteiger partial charge on any atom is -0.392 e. The van der Waals surface area contributed by atoms with E-state index in [0.29, 0.717) is 33.6 Å². The van der Waals surface area contributed by atoms with Crippen molar-refractivity contribution in [3.8, 4) is 16.9 Å². The first-order valence-electron chi connectivity index (χ1n) is 12.2. The average molecular weight is 547 g/mol. The van der Waals surface area contributed by atoms with E-state index in [4.69, 9.17) is 0 Å². The molecular formula is C28H27FN6O3S. The van der Waals surface area contributed by atoms with Crippen molar-refractivity contribution in [3.05, 3.63) is 91.5 Å². The first-order chi connectivity index (χ1) is 18.5. The number of benzene rings is 1. The molecule has 0 bridgehead atoms. The Morgan fingerprint density at radius 3 is 2.56 bits per heavy atom. The Labute approximate surface area is 227 Å². The van der Waals surface area contributed by atoms with Crippen LogP contribution in [0.5, 0.6) is 0 Å². The lowest BCUT2D eigenvalue weighted by atomic mass is 9.86. The zero-order valence-electron chi connectivity index (χ0n) is 22.1. The summed E-state index contributed by atoms with van der Waals surface area (Å²) in [6, 6.07) is 8.29. The van der Waals surface area contributed by atoms with Crippen LogP contribution in [0.15, 0.2) is 58.5 Å². The van der Waals surface area contributed by atoms with E-state index in [1.54, 1.807) is 31.4 Å². The number of pyridine rings is 2. The van der Waals surface area contributed by atoms with Crippen LogP contribution >= 0.6 is 11.5 Å². The smallest absolute Gasteiger partial charge is 0.283 e. The summed E-state index contributed by atoms with van der Waals surface area (Å²) < 4.78 is 21.9. The van der Waals surface area contributed by atoms with Crippen LogP contribution in [0.25, 0.3) is 27.7 Å². The first kappa shape index (κ1) is 26.4. The van der Waals surface area contributed by atoms with Gasteiger partial charge in [-0.3, -0.25) is 9.59 Å². The topological polar surface area (TPSA) is 115 Å². The molecule has 0 aliphatic heterocycles. The van der Waals surface area contributed by atoms with Crippen LogP contribution in [0.1, 0.15) is 36.8 Å². The van der Waals surface area contributed by atoms with Crippen molar-refractivity contribution < 1.29 is 9.50 Å². The molecule has 11 heteroatoms. The predicted octanol–water partition coefficient (Wildman–Crippen LogP) is 4.58. The van der Waals surface area contributed by atoms with Gasteiger partial charge in [-0.25, -0.2) is 9.37 Å². The number of rotatable bonds is 5. The van der Waals surface area contributed by atoms with Crippen LogP contribution < -0.4 is 16.4 Å². The number of hydrogen-bond donors (Lipinski definition) is 2. The van der Waals surface area contributed by atoms with Gasteiger partial charge in [0.1, 0.15) is 17.3 Å². The van der Waals surface area contributed by atoms with Crippen LogP contribution in [-0.2, 0) is 19.1 Å². The summed E-state index contributed by atoms with van der Waals surface area (Å²) >= 11 is 1.32. The van der Waals surface area contributed by atoms with Crippen LogP contribution in [0.3, 0.4) is 0 Å². The van der Waals surface area contributed by atoms with Gasteiger partial charge in [0.25, 0.3) is 11.1 Å². The van der Waals surface area contributed by atoms with Gasteiger partial charge in [-0.1, -0.05) is 20.8 Å². The fourth-order valence-electron chi connectivity index (χ4n) is 4.42. The molecule has 1 aromatic carbocycles. The molecule has 0 aliphatic rings. The summed E-state index contributed by atoms with van der Waals surface area (Å²) in [5, 5.41) is 18.0. The van der Waals surface area contributed by atoms with Gasteiger partial charge in [-0.2, -0.15) is 14.2 Å². The third kappa shape index (κ3) is 4.86. The molecule has 9 nitrogen and oxygen atoms in total. The SMILES string of the molecule is Cc1cc(Nc2cc(-c3ccnc(-n4ncc5cc(C(C)(C)C)cc(F)c5c4=O)c3CO)cn(C)c2=O)ns1. The molecule has 39 heavy (non-hydrogen) atoms. The number of aliphatic hydroxyl groups is 1. The van der Waals surface area contributed by atoms with E-state index in [9.17, 15) is 14.7 Å². The van der Waals surface area contributed by atoms with E-state index in [2.05, 4.69) is 19.8 Å². The molecule has 0 unspecified atom stereocenters. The van der Waals surface area contributed by atoms with E-state index in [-0.39, 0.29) is 22.2 Å². The molecule has 5 aromatic rings. The molecule has 5 rings (SSSR count). The summed E-state index contributed by atoms with van der Waals surface area (Å²) in [7, 11) is 1.62. The van der Waals surface area contributed by atoms with Gasteiger partial charge >= 0.3 is 0 Å². The molecule has 0 radical (unpaired) electrons. The number of halogens is 1. The lowest BCUT2D eigenvalue weighted by Gasteiger charge is -2.20. The minimum atomic E-state index is -0.688. The molecule has 0 atom stereocenters. The quantitative estimate of drug-likeness (QED) is 0.332. The second-order valence-corrected chi connectivity index (χ2v) is 11.4. The van der Waals surface area contributed by atoms with Gasteiger partial charge in [0.2, 0.25) is 0 Å². The number of aryl methyl sites for hydroxylation is 2. The second-order valence-electron chi connectivity index (χ2n) is 10.4. The maximum absolute atomic E-state index is 15.2. The summed E-state index contributed by atoms with van der Waals surface area (Å²) in [6.45, 7) is 7.32. The molecule has 0 spiro atoms. The molecule has 4 aromatic heterocycles. The predicted molar refractivity (Wildman–Crippen MR) is 151 cm³/mol. The highest BCUT2D eigenvalue weighted by Crippen LogP contribution is 2.30. The number of hydrogen-bond acceptors (Lipinski definition) is 8. The van der Waals surface area contributed by atoms with Gasteiger partial charge in [-0.15, -0.1) is 0 Å². The van der Waals surface area contributed by atoms with Crippen molar-refractivity contribution in [2.75, 3.05) is 5.32 Å². The largest absolute Gasteiger partial charge is 0.392 e. The summed E-state index contributed by atoms with van der Waals surface area (Å²) in [4.78, 5) is 31.6. The van der Waals surface area contributed by atoms with Crippen molar-refractivity contribution in [2.24, 2.45) is 7.05 Å². The van der Waals surface area contributed by atoms with Gasteiger partial charge < -0.3 is 15.0 Å². The van der Waals surface area contributed by atoms with Crippen molar-refractivity contribution in [3.63, 3.8) is 0 Å². The third-order valence-electron chi connectivity index (χ3n) is 6.48. The minimum absolute atomic E-state index is 0.0692. The van der Waals surface area contributed by atoms with Crippen LogP contribution in [0, 0.1) is 12.7 Å². The highest BCUT2D eigenvalue weighted by molar-refractivity contribution is 7.06. The normalized spacial score (nSPS) is 11.8. The molecule has 0 saturated carbocycles. The Morgan fingerprint density at radius 1 is 1.13 bits per heavy atom. The number of aromatic nitrogens is 5. The number of anilines is 2.